The summed E-state index contributed by atoms with van der Waals surface area (Å²) in [5, 5.41) is 10.0. The van der Waals surface area contributed by atoms with Gasteiger partial charge in [-0.3, -0.25) is 14.6 Å². The largest absolute Gasteiger partial charge is 0.481 e. The average molecular weight is 378 g/mol. The molecule has 1 aliphatic carbocycles. The zero-order valence-electron chi connectivity index (χ0n) is 16.0. The molecule has 2 aromatic rings. The van der Waals surface area contributed by atoms with E-state index in [1.807, 2.05) is 30.3 Å². The molecule has 146 valence electrons. The van der Waals surface area contributed by atoms with Gasteiger partial charge in [-0.05, 0) is 60.8 Å². The summed E-state index contributed by atoms with van der Waals surface area (Å²) in [6.45, 7) is 0.911. The molecular weight excluding hydrogens is 352 g/mol. The summed E-state index contributed by atoms with van der Waals surface area (Å²) in [5.41, 5.74) is 1.58. The van der Waals surface area contributed by atoms with Crippen LogP contribution in [0.5, 0.6) is 0 Å². The second-order valence-electron chi connectivity index (χ2n) is 8.17. The summed E-state index contributed by atoms with van der Waals surface area (Å²) >= 11 is 0. The van der Waals surface area contributed by atoms with Crippen LogP contribution in [0.1, 0.15) is 42.7 Å². The smallest absolute Gasteiger partial charge is 0.311 e. The average Bonchev–Trinajstić information content (AvgIpc) is 3.14. The van der Waals surface area contributed by atoms with E-state index in [9.17, 15) is 14.7 Å². The molecule has 2 fully saturated rings. The first kappa shape index (κ1) is 18.7. The van der Waals surface area contributed by atoms with Crippen LogP contribution in [-0.4, -0.2) is 40.0 Å². The van der Waals surface area contributed by atoms with Gasteiger partial charge in [0.1, 0.15) is 0 Å². The normalized spacial score (nSPS) is 26.6. The van der Waals surface area contributed by atoms with Crippen molar-refractivity contribution in [2.24, 2.45) is 11.3 Å². The molecule has 5 heteroatoms. The molecule has 5 nitrogen and oxygen atoms in total. The van der Waals surface area contributed by atoms with Gasteiger partial charge in [-0.25, -0.2) is 0 Å². The maximum absolute atomic E-state index is 12.8. The molecule has 4 rings (SSSR count). The van der Waals surface area contributed by atoms with E-state index in [0.29, 0.717) is 38.3 Å². The standard InChI is InChI=1S/C23H26N2O3/c26-21(7-6-17-9-12-24-13-10-17)25-15-20-14-19(18-4-2-1-3-5-18)8-11-23(20,16-25)22(27)28/h1-5,9-10,12-13,19-20H,6-8,11,14-16H2,(H,27,28)/t19-,20-,23-/m0/s1. The zero-order valence-corrected chi connectivity index (χ0v) is 16.0. The van der Waals surface area contributed by atoms with Crippen LogP contribution in [0.2, 0.25) is 0 Å². The Hall–Kier alpha value is -2.69. The zero-order chi connectivity index (χ0) is 19.6. The summed E-state index contributed by atoms with van der Waals surface area (Å²) < 4.78 is 0. The van der Waals surface area contributed by atoms with Crippen LogP contribution < -0.4 is 0 Å². The number of pyridine rings is 1. The van der Waals surface area contributed by atoms with Crippen molar-refractivity contribution >= 4 is 11.9 Å². The number of benzene rings is 1. The number of aliphatic carboxylic acids is 1. The minimum atomic E-state index is -0.780. The summed E-state index contributed by atoms with van der Waals surface area (Å²) in [6, 6.07) is 14.2. The molecule has 1 aliphatic heterocycles. The highest BCUT2D eigenvalue weighted by Crippen LogP contribution is 2.51. The first-order valence-corrected chi connectivity index (χ1v) is 10.0. The Balaban J connectivity index is 1.45. The molecule has 0 bridgehead atoms. The van der Waals surface area contributed by atoms with Crippen molar-refractivity contribution in [3.63, 3.8) is 0 Å². The number of carbonyl (C=O) groups excluding carboxylic acids is 1. The van der Waals surface area contributed by atoms with Gasteiger partial charge in [0, 0.05) is 31.9 Å². The van der Waals surface area contributed by atoms with E-state index < -0.39 is 11.4 Å². The Morgan fingerprint density at radius 1 is 1.14 bits per heavy atom. The topological polar surface area (TPSA) is 70.5 Å². The van der Waals surface area contributed by atoms with Crippen LogP contribution in [0.3, 0.4) is 0 Å². The maximum Gasteiger partial charge on any atom is 0.311 e. The minimum Gasteiger partial charge on any atom is -0.481 e. The maximum atomic E-state index is 12.8. The van der Waals surface area contributed by atoms with Gasteiger partial charge < -0.3 is 10.0 Å². The highest BCUT2D eigenvalue weighted by Gasteiger charge is 2.55. The van der Waals surface area contributed by atoms with Crippen molar-refractivity contribution in [3.05, 3.63) is 66.0 Å². The van der Waals surface area contributed by atoms with E-state index in [1.165, 1.54) is 5.56 Å². The molecule has 0 unspecified atom stereocenters. The van der Waals surface area contributed by atoms with Crippen LogP contribution in [0.4, 0.5) is 0 Å². The van der Waals surface area contributed by atoms with Crippen molar-refractivity contribution in [1.29, 1.82) is 0 Å². The van der Waals surface area contributed by atoms with E-state index in [1.54, 1.807) is 17.3 Å². The molecule has 3 atom stereocenters. The minimum absolute atomic E-state index is 0.0221. The third-order valence-corrected chi connectivity index (χ3v) is 6.63. The Kier molecular flexibility index (Phi) is 5.16. The lowest BCUT2D eigenvalue weighted by Gasteiger charge is -2.38. The molecule has 2 aliphatic rings. The second kappa shape index (κ2) is 7.74. The van der Waals surface area contributed by atoms with Crippen molar-refractivity contribution in [2.75, 3.05) is 13.1 Å². The van der Waals surface area contributed by atoms with Gasteiger partial charge in [0.15, 0.2) is 0 Å². The van der Waals surface area contributed by atoms with E-state index in [4.69, 9.17) is 0 Å². The number of fused-ring (bicyclic) bond motifs is 1. The molecule has 1 N–H and O–H groups in total. The molecule has 1 saturated carbocycles. The third kappa shape index (κ3) is 3.53. The fraction of sp³-hybridized carbons (Fsp3) is 0.435. The van der Waals surface area contributed by atoms with Crippen LogP contribution in [0.15, 0.2) is 54.9 Å². The first-order valence-electron chi connectivity index (χ1n) is 10.0. The lowest BCUT2D eigenvalue weighted by molar-refractivity contribution is -0.152. The van der Waals surface area contributed by atoms with Gasteiger partial charge in [0.25, 0.3) is 0 Å². The molecule has 0 radical (unpaired) electrons. The molecule has 1 saturated heterocycles. The number of likely N-dealkylation sites (tertiary alicyclic amines) is 1. The molecule has 1 aromatic heterocycles. The number of aromatic nitrogens is 1. The van der Waals surface area contributed by atoms with Gasteiger partial charge >= 0.3 is 5.97 Å². The Bertz CT molecular complexity index is 839. The van der Waals surface area contributed by atoms with Crippen LogP contribution in [0, 0.1) is 11.3 Å². The molecule has 2 heterocycles. The van der Waals surface area contributed by atoms with Gasteiger partial charge in [0.05, 0.1) is 5.41 Å². The predicted molar refractivity (Wildman–Crippen MR) is 106 cm³/mol. The summed E-state index contributed by atoms with van der Waals surface area (Å²) in [5.74, 6) is -0.282. The van der Waals surface area contributed by atoms with Crippen molar-refractivity contribution < 1.29 is 14.7 Å². The number of aryl methyl sites for hydroxylation is 1. The van der Waals surface area contributed by atoms with E-state index in [2.05, 4.69) is 17.1 Å². The Labute approximate surface area is 165 Å². The highest BCUT2D eigenvalue weighted by molar-refractivity contribution is 5.81. The second-order valence-corrected chi connectivity index (χ2v) is 8.17. The molecule has 0 spiro atoms. The monoisotopic (exact) mass is 378 g/mol. The predicted octanol–water partition coefficient (Wildman–Crippen LogP) is 3.51. The van der Waals surface area contributed by atoms with Crippen molar-refractivity contribution in [2.45, 2.75) is 38.0 Å². The number of amides is 1. The van der Waals surface area contributed by atoms with Crippen molar-refractivity contribution in [1.82, 2.24) is 9.88 Å². The SMILES string of the molecule is O=C(CCc1ccncc1)N1C[C@@H]2C[C@@H](c3ccccc3)CC[C@]2(C(=O)O)C1. The number of hydrogen-bond donors (Lipinski definition) is 1. The quantitative estimate of drug-likeness (QED) is 0.864. The number of carboxylic acids is 1. The van der Waals surface area contributed by atoms with E-state index in [-0.39, 0.29) is 11.8 Å². The van der Waals surface area contributed by atoms with Crippen molar-refractivity contribution in [3.8, 4) is 0 Å². The van der Waals surface area contributed by atoms with Crippen LogP contribution in [-0.2, 0) is 16.0 Å². The molecule has 28 heavy (non-hydrogen) atoms. The fourth-order valence-electron chi connectivity index (χ4n) is 4.98. The number of hydrogen-bond acceptors (Lipinski definition) is 3. The van der Waals surface area contributed by atoms with Crippen LogP contribution >= 0.6 is 0 Å². The lowest BCUT2D eigenvalue weighted by Crippen LogP contribution is -2.43. The lowest BCUT2D eigenvalue weighted by atomic mass is 9.64. The number of rotatable bonds is 5. The summed E-state index contributed by atoms with van der Waals surface area (Å²) in [6.07, 6.45) is 6.88. The van der Waals surface area contributed by atoms with Crippen LogP contribution in [0.25, 0.3) is 0 Å². The Morgan fingerprint density at radius 3 is 2.61 bits per heavy atom. The number of nitrogens with zero attached hydrogens (tertiary/aromatic N) is 2. The van der Waals surface area contributed by atoms with Gasteiger partial charge in [-0.2, -0.15) is 0 Å². The summed E-state index contributed by atoms with van der Waals surface area (Å²) in [7, 11) is 0. The van der Waals surface area contributed by atoms with Gasteiger partial charge in [-0.15, -0.1) is 0 Å². The molecule has 1 aromatic carbocycles. The van der Waals surface area contributed by atoms with Gasteiger partial charge in [-0.1, -0.05) is 30.3 Å². The third-order valence-electron chi connectivity index (χ3n) is 6.63. The van der Waals surface area contributed by atoms with Gasteiger partial charge in [0.2, 0.25) is 5.91 Å². The number of carboxylic acid groups (broad SMARTS) is 1. The highest BCUT2D eigenvalue weighted by atomic mass is 16.4. The number of carbonyl (C=O) groups is 2. The van der Waals surface area contributed by atoms with E-state index >= 15 is 0 Å². The fourth-order valence-corrected chi connectivity index (χ4v) is 4.98. The van der Waals surface area contributed by atoms with E-state index in [0.717, 1.165) is 18.4 Å². The first-order chi connectivity index (χ1) is 13.6. The molecule has 1 amide bonds. The summed E-state index contributed by atoms with van der Waals surface area (Å²) in [4.78, 5) is 30.8. The molecular formula is C23H26N2O3. The Morgan fingerprint density at radius 2 is 1.89 bits per heavy atom.